The second-order valence-electron chi connectivity index (χ2n) is 4.52. The highest BCUT2D eigenvalue weighted by molar-refractivity contribution is 5.78. The van der Waals surface area contributed by atoms with Crippen LogP contribution in [-0.4, -0.2) is 13.3 Å². The van der Waals surface area contributed by atoms with Gasteiger partial charge in [0.05, 0.1) is 6.26 Å². The van der Waals surface area contributed by atoms with Gasteiger partial charge in [-0.05, 0) is 43.7 Å². The molecule has 0 atom stereocenters. The predicted molar refractivity (Wildman–Crippen MR) is 72.1 cm³/mol. The third kappa shape index (κ3) is 2.45. The monoisotopic (exact) mass is 243 g/mol. The van der Waals surface area contributed by atoms with Gasteiger partial charge < -0.3 is 9.32 Å². The molecular formula is C15H17NO2. The summed E-state index contributed by atoms with van der Waals surface area (Å²) in [5.41, 5.74) is 4.01. The van der Waals surface area contributed by atoms with E-state index in [9.17, 15) is 4.79 Å². The third-order valence-corrected chi connectivity index (χ3v) is 3.19. The molecule has 0 N–H and O–H groups in total. The van der Waals surface area contributed by atoms with Gasteiger partial charge in [-0.15, -0.1) is 0 Å². The summed E-state index contributed by atoms with van der Waals surface area (Å²) in [6.45, 7) is 4.70. The van der Waals surface area contributed by atoms with Gasteiger partial charge in [0.15, 0.2) is 0 Å². The first kappa shape index (κ1) is 12.4. The van der Waals surface area contributed by atoms with E-state index in [2.05, 4.69) is 4.90 Å². The molecule has 3 heteroatoms. The average Bonchev–Trinajstić information content (AvgIpc) is 2.75. The zero-order valence-corrected chi connectivity index (χ0v) is 10.9. The van der Waals surface area contributed by atoms with Crippen molar-refractivity contribution in [3.8, 4) is 0 Å². The van der Waals surface area contributed by atoms with Crippen LogP contribution in [0, 0.1) is 13.8 Å². The number of hydrogen-bond donors (Lipinski definition) is 0. The predicted octanol–water partition coefficient (Wildman–Crippen LogP) is 3.35. The van der Waals surface area contributed by atoms with E-state index in [0.29, 0.717) is 0 Å². The molecule has 1 heterocycles. The molecule has 0 spiro atoms. The first-order valence-electron chi connectivity index (χ1n) is 5.91. The van der Waals surface area contributed by atoms with Crippen molar-refractivity contribution in [1.82, 2.24) is 0 Å². The van der Waals surface area contributed by atoms with Crippen LogP contribution in [0.25, 0.3) is 0 Å². The SMILES string of the molecule is Cc1cc(N(C)Cc2ccoc2C)ccc1C=O. The summed E-state index contributed by atoms with van der Waals surface area (Å²) >= 11 is 0. The van der Waals surface area contributed by atoms with Crippen molar-refractivity contribution in [3.63, 3.8) is 0 Å². The van der Waals surface area contributed by atoms with Crippen molar-refractivity contribution in [2.45, 2.75) is 20.4 Å². The van der Waals surface area contributed by atoms with E-state index in [4.69, 9.17) is 4.42 Å². The number of hydrogen-bond acceptors (Lipinski definition) is 3. The number of aryl methyl sites for hydroxylation is 2. The molecule has 0 saturated carbocycles. The Bertz CT molecular complexity index is 557. The Morgan fingerprint density at radius 3 is 2.61 bits per heavy atom. The molecule has 0 aliphatic carbocycles. The third-order valence-electron chi connectivity index (χ3n) is 3.19. The van der Waals surface area contributed by atoms with Gasteiger partial charge in [0.25, 0.3) is 0 Å². The smallest absolute Gasteiger partial charge is 0.150 e. The summed E-state index contributed by atoms with van der Waals surface area (Å²) in [4.78, 5) is 12.9. The fourth-order valence-corrected chi connectivity index (χ4v) is 1.95. The Morgan fingerprint density at radius 1 is 1.28 bits per heavy atom. The molecule has 1 aromatic heterocycles. The molecule has 0 unspecified atom stereocenters. The topological polar surface area (TPSA) is 33.5 Å². The number of aldehydes is 1. The normalized spacial score (nSPS) is 10.4. The van der Waals surface area contributed by atoms with Crippen LogP contribution in [-0.2, 0) is 6.54 Å². The largest absolute Gasteiger partial charge is 0.469 e. The van der Waals surface area contributed by atoms with Gasteiger partial charge in [0.1, 0.15) is 12.0 Å². The van der Waals surface area contributed by atoms with E-state index in [1.807, 2.05) is 45.2 Å². The molecule has 2 aromatic rings. The van der Waals surface area contributed by atoms with E-state index >= 15 is 0 Å². The van der Waals surface area contributed by atoms with Crippen LogP contribution in [0.1, 0.15) is 27.2 Å². The Hall–Kier alpha value is -2.03. The van der Waals surface area contributed by atoms with E-state index in [1.165, 1.54) is 5.56 Å². The highest BCUT2D eigenvalue weighted by Gasteiger charge is 2.07. The van der Waals surface area contributed by atoms with Crippen molar-refractivity contribution in [2.24, 2.45) is 0 Å². The van der Waals surface area contributed by atoms with Gasteiger partial charge in [-0.2, -0.15) is 0 Å². The molecule has 0 saturated heterocycles. The maximum atomic E-state index is 10.8. The van der Waals surface area contributed by atoms with Crippen LogP contribution in [0.15, 0.2) is 34.9 Å². The first-order valence-corrected chi connectivity index (χ1v) is 5.91. The number of carbonyl (C=O) groups is 1. The van der Waals surface area contributed by atoms with E-state index in [1.54, 1.807) is 6.26 Å². The van der Waals surface area contributed by atoms with Gasteiger partial charge in [0, 0.05) is 30.4 Å². The molecule has 0 aliphatic rings. The molecule has 18 heavy (non-hydrogen) atoms. The number of carbonyl (C=O) groups excluding carboxylic acids is 1. The van der Waals surface area contributed by atoms with Gasteiger partial charge in [-0.1, -0.05) is 0 Å². The van der Waals surface area contributed by atoms with Crippen LogP contribution in [0.3, 0.4) is 0 Å². The van der Waals surface area contributed by atoms with E-state index in [-0.39, 0.29) is 0 Å². The Balaban J connectivity index is 2.19. The Morgan fingerprint density at radius 2 is 2.06 bits per heavy atom. The second-order valence-corrected chi connectivity index (χ2v) is 4.52. The molecule has 1 aromatic carbocycles. The molecule has 0 fully saturated rings. The minimum absolute atomic E-state index is 0.742. The summed E-state index contributed by atoms with van der Waals surface area (Å²) in [5, 5.41) is 0. The van der Waals surface area contributed by atoms with Gasteiger partial charge in [-0.25, -0.2) is 0 Å². The zero-order chi connectivity index (χ0) is 13.1. The van der Waals surface area contributed by atoms with Gasteiger partial charge in [-0.3, -0.25) is 4.79 Å². The summed E-state index contributed by atoms with van der Waals surface area (Å²) in [5.74, 6) is 0.947. The molecule has 0 radical (unpaired) electrons. The lowest BCUT2D eigenvalue weighted by Gasteiger charge is -2.19. The lowest BCUT2D eigenvalue weighted by molar-refractivity contribution is 0.112. The van der Waals surface area contributed by atoms with Crippen LogP contribution >= 0.6 is 0 Å². The zero-order valence-electron chi connectivity index (χ0n) is 10.9. The molecular weight excluding hydrogens is 226 g/mol. The lowest BCUT2D eigenvalue weighted by atomic mass is 10.1. The van der Waals surface area contributed by atoms with Gasteiger partial charge in [0.2, 0.25) is 0 Å². The summed E-state index contributed by atoms with van der Waals surface area (Å²) in [6, 6.07) is 7.83. The maximum Gasteiger partial charge on any atom is 0.150 e. The van der Waals surface area contributed by atoms with Crippen LogP contribution in [0.4, 0.5) is 5.69 Å². The molecule has 0 amide bonds. The average molecular weight is 243 g/mol. The molecule has 3 nitrogen and oxygen atoms in total. The van der Waals surface area contributed by atoms with Crippen LogP contribution in [0.2, 0.25) is 0 Å². The summed E-state index contributed by atoms with van der Waals surface area (Å²) in [6.07, 6.45) is 2.60. The van der Waals surface area contributed by atoms with Crippen molar-refractivity contribution in [3.05, 3.63) is 53.0 Å². The number of benzene rings is 1. The van der Waals surface area contributed by atoms with Crippen molar-refractivity contribution < 1.29 is 9.21 Å². The van der Waals surface area contributed by atoms with Gasteiger partial charge >= 0.3 is 0 Å². The second kappa shape index (κ2) is 5.08. The van der Waals surface area contributed by atoms with E-state index in [0.717, 1.165) is 35.4 Å². The lowest BCUT2D eigenvalue weighted by Crippen LogP contribution is -2.16. The fraction of sp³-hybridized carbons (Fsp3) is 0.267. The highest BCUT2D eigenvalue weighted by atomic mass is 16.3. The van der Waals surface area contributed by atoms with Crippen molar-refractivity contribution in [1.29, 1.82) is 0 Å². The molecule has 0 bridgehead atoms. The van der Waals surface area contributed by atoms with Crippen LogP contribution < -0.4 is 4.90 Å². The standard InChI is InChI=1S/C15H17NO2/c1-11-8-15(5-4-14(11)10-17)16(3)9-13-6-7-18-12(13)2/h4-8,10H,9H2,1-3H3. The number of rotatable bonds is 4. The number of nitrogens with zero attached hydrogens (tertiary/aromatic N) is 1. The number of furan rings is 1. The van der Waals surface area contributed by atoms with E-state index < -0.39 is 0 Å². The maximum absolute atomic E-state index is 10.8. The summed E-state index contributed by atoms with van der Waals surface area (Å²) < 4.78 is 5.29. The minimum atomic E-state index is 0.742. The molecule has 94 valence electrons. The van der Waals surface area contributed by atoms with Crippen molar-refractivity contribution in [2.75, 3.05) is 11.9 Å². The quantitative estimate of drug-likeness (QED) is 0.772. The Labute approximate surface area is 107 Å². The highest BCUT2D eigenvalue weighted by Crippen LogP contribution is 2.20. The number of anilines is 1. The fourth-order valence-electron chi connectivity index (χ4n) is 1.95. The Kier molecular flexibility index (Phi) is 3.51. The van der Waals surface area contributed by atoms with Crippen molar-refractivity contribution >= 4 is 12.0 Å². The van der Waals surface area contributed by atoms with Crippen LogP contribution in [0.5, 0.6) is 0 Å². The minimum Gasteiger partial charge on any atom is -0.469 e. The first-order chi connectivity index (χ1) is 8.61. The summed E-state index contributed by atoms with van der Waals surface area (Å²) in [7, 11) is 2.03. The molecule has 2 rings (SSSR count). The molecule has 0 aliphatic heterocycles.